The molecule has 0 aliphatic rings. The SMILES string of the molecule is CN[C@@H](CCCN=C(N)N)C(=O)N[C@H](C(=O)C(=O)[C@H](CCC(=O)O)NC[C@@H](Cc1cccc2ccccc12)C(C)=O)C(C)C.CN[C@@H](CCCN=C(N)N)C(=O)N[C@H](C(=O)C(=O)[C@H](CCC(=O)O)NC[C@@H](Cc1cccc2ccccc12)C(C)=O)C(C)C. The fraction of sp³-hybridized carbons (Fsp3) is 0.500. The molecule has 88 heavy (non-hydrogen) atoms. The largest absolute Gasteiger partial charge is 0.481 e. The third kappa shape index (κ3) is 24.8. The Hall–Kier alpha value is -8.32. The fourth-order valence-corrected chi connectivity index (χ4v) is 10.00. The number of nitrogens with zero attached hydrogens (tertiary/aromatic N) is 2. The molecular weight excluding hydrogens is 1130 g/mol. The molecular formula is C64H92N12O12. The summed E-state index contributed by atoms with van der Waals surface area (Å²) < 4.78 is 0. The van der Waals surface area contributed by atoms with Crippen molar-refractivity contribution in [1.82, 2.24) is 31.9 Å². The monoisotopic (exact) mass is 1220 g/mol. The Labute approximate surface area is 515 Å². The Morgan fingerprint density at radius 1 is 0.466 bits per heavy atom. The van der Waals surface area contributed by atoms with Gasteiger partial charge in [-0.1, -0.05) is 113 Å². The maximum Gasteiger partial charge on any atom is 0.303 e. The number of aliphatic carboxylic acids is 2. The molecule has 24 heteroatoms. The molecule has 480 valence electrons. The Balaban J connectivity index is 0.000000460. The highest BCUT2D eigenvalue weighted by molar-refractivity contribution is 6.42. The van der Waals surface area contributed by atoms with E-state index in [1.807, 2.05) is 84.9 Å². The minimum atomic E-state index is -1.15. The summed E-state index contributed by atoms with van der Waals surface area (Å²) in [4.78, 5) is 136. The van der Waals surface area contributed by atoms with Gasteiger partial charge in [0.15, 0.2) is 11.9 Å². The van der Waals surface area contributed by atoms with E-state index in [1.165, 1.54) is 13.8 Å². The number of benzene rings is 4. The van der Waals surface area contributed by atoms with Crippen molar-refractivity contribution in [2.24, 2.45) is 56.6 Å². The van der Waals surface area contributed by atoms with Gasteiger partial charge < -0.3 is 65.0 Å². The van der Waals surface area contributed by atoms with Crippen molar-refractivity contribution in [1.29, 1.82) is 0 Å². The van der Waals surface area contributed by atoms with Crippen LogP contribution in [-0.2, 0) is 60.8 Å². The van der Waals surface area contributed by atoms with Crippen molar-refractivity contribution in [3.05, 3.63) is 96.1 Å². The summed E-state index contributed by atoms with van der Waals surface area (Å²) >= 11 is 0. The minimum absolute atomic E-state index is 0.0475. The number of nitrogens with one attached hydrogen (secondary N) is 6. The summed E-state index contributed by atoms with van der Waals surface area (Å²) in [6.45, 7) is 10.6. The van der Waals surface area contributed by atoms with Gasteiger partial charge in [0.05, 0.1) is 36.3 Å². The topological polar surface area (TPSA) is 412 Å². The van der Waals surface area contributed by atoms with Gasteiger partial charge in [0.1, 0.15) is 11.6 Å². The van der Waals surface area contributed by atoms with E-state index in [9.17, 15) is 58.2 Å². The van der Waals surface area contributed by atoms with E-state index < -0.39 is 107 Å². The second-order valence-corrected chi connectivity index (χ2v) is 22.6. The molecule has 24 nitrogen and oxygen atoms in total. The lowest BCUT2D eigenvalue weighted by atomic mass is 9.90. The summed E-state index contributed by atoms with van der Waals surface area (Å²) in [6.07, 6.45) is 1.56. The molecule has 8 atom stereocenters. The third-order valence-corrected chi connectivity index (χ3v) is 15.2. The highest BCUT2D eigenvalue weighted by atomic mass is 16.4. The lowest BCUT2D eigenvalue weighted by Crippen LogP contribution is -2.55. The lowest BCUT2D eigenvalue weighted by molar-refractivity contribution is -0.142. The standard InChI is InChI=1S/2C32H46N6O6/c2*1-19(2)28(38-31(44)26(35-4)13-8-16-36-32(33)34)30(43)29(42)25(14-15-27(40)41)37-18-23(20(3)39)17-22-11-7-10-21-9-5-6-12-24(21)22/h2*5-7,9-12,19,23,25-26,28,35,37H,8,13-18H2,1-4H3,(H,38,44)(H,40,41)(H4,33,34,36)/t2*23-,25+,26+,28+/m11/s1. The number of carbonyl (C=O) groups excluding carboxylic acids is 8. The van der Waals surface area contributed by atoms with Gasteiger partial charge in [-0.3, -0.25) is 57.9 Å². The molecule has 0 unspecified atom stereocenters. The van der Waals surface area contributed by atoms with E-state index in [0.717, 1.165) is 32.7 Å². The zero-order valence-corrected chi connectivity index (χ0v) is 51.9. The molecule has 0 saturated heterocycles. The van der Waals surface area contributed by atoms with Crippen LogP contribution in [0.15, 0.2) is 94.9 Å². The summed E-state index contributed by atoms with van der Waals surface area (Å²) in [6, 6.07) is 21.5. The lowest BCUT2D eigenvalue weighted by Gasteiger charge is -2.26. The molecule has 0 heterocycles. The molecule has 0 saturated carbocycles. The van der Waals surface area contributed by atoms with Gasteiger partial charge in [-0.2, -0.15) is 0 Å². The Bertz CT molecular complexity index is 2870. The van der Waals surface area contributed by atoms with Gasteiger partial charge in [0, 0.05) is 50.9 Å². The first kappa shape index (κ1) is 73.9. The van der Waals surface area contributed by atoms with Crippen LogP contribution < -0.4 is 54.8 Å². The predicted octanol–water partition coefficient (Wildman–Crippen LogP) is 2.66. The van der Waals surface area contributed by atoms with Gasteiger partial charge in [-0.25, -0.2) is 0 Å². The summed E-state index contributed by atoms with van der Waals surface area (Å²) in [7, 11) is 3.22. The van der Waals surface area contributed by atoms with E-state index in [2.05, 4.69) is 41.9 Å². The fourth-order valence-electron chi connectivity index (χ4n) is 10.00. The minimum Gasteiger partial charge on any atom is -0.481 e. The molecule has 4 rings (SSSR count). The number of nitrogens with two attached hydrogens (primary N) is 4. The van der Waals surface area contributed by atoms with Gasteiger partial charge >= 0.3 is 11.9 Å². The zero-order chi connectivity index (χ0) is 65.6. The number of carboxylic acids is 2. The van der Waals surface area contributed by atoms with E-state index in [-0.39, 0.29) is 62.3 Å². The molecule has 4 aromatic rings. The number of hydrogen-bond acceptors (Lipinski definition) is 16. The zero-order valence-electron chi connectivity index (χ0n) is 51.9. The van der Waals surface area contributed by atoms with E-state index in [4.69, 9.17) is 22.9 Å². The van der Waals surface area contributed by atoms with Crippen LogP contribution in [0.25, 0.3) is 21.5 Å². The summed E-state index contributed by atoms with van der Waals surface area (Å²) in [5.74, 6) is -8.71. The number of rotatable bonds is 40. The molecule has 0 aromatic heterocycles. The van der Waals surface area contributed by atoms with Crippen LogP contribution in [0.2, 0.25) is 0 Å². The van der Waals surface area contributed by atoms with Crippen LogP contribution in [0.1, 0.15) is 104 Å². The number of fused-ring (bicyclic) bond motifs is 2. The van der Waals surface area contributed by atoms with Gasteiger partial charge in [-0.15, -0.1) is 0 Å². The first-order chi connectivity index (χ1) is 41.7. The second-order valence-electron chi connectivity index (χ2n) is 22.6. The van der Waals surface area contributed by atoms with Gasteiger partial charge in [-0.05, 0) is 124 Å². The van der Waals surface area contributed by atoms with Crippen LogP contribution in [0.5, 0.6) is 0 Å². The van der Waals surface area contributed by atoms with Crippen LogP contribution in [0.4, 0.5) is 0 Å². The third-order valence-electron chi connectivity index (χ3n) is 15.2. The van der Waals surface area contributed by atoms with Crippen molar-refractivity contribution >= 4 is 91.9 Å². The highest BCUT2D eigenvalue weighted by Gasteiger charge is 2.37. The molecule has 2 amide bonds. The molecule has 16 N–H and O–H groups in total. The number of amides is 2. The van der Waals surface area contributed by atoms with Gasteiger partial charge in [0.25, 0.3) is 0 Å². The van der Waals surface area contributed by atoms with Crippen LogP contribution >= 0.6 is 0 Å². The number of ketones is 6. The number of aliphatic imine (C=N–C) groups is 2. The summed E-state index contributed by atoms with van der Waals surface area (Å²) in [5, 5.41) is 39.9. The van der Waals surface area contributed by atoms with E-state index in [1.54, 1.807) is 41.8 Å². The van der Waals surface area contributed by atoms with Crippen molar-refractivity contribution in [2.45, 2.75) is 142 Å². The molecule has 0 spiro atoms. The average Bonchev–Trinajstić information content (AvgIpc) is 2.73. The predicted molar refractivity (Wildman–Crippen MR) is 340 cm³/mol. The number of hydrogen-bond donors (Lipinski definition) is 12. The average molecular weight is 1220 g/mol. The Morgan fingerprint density at radius 2 is 0.807 bits per heavy atom. The molecule has 0 aliphatic carbocycles. The van der Waals surface area contributed by atoms with E-state index in [0.29, 0.717) is 51.6 Å². The van der Waals surface area contributed by atoms with Crippen molar-refractivity contribution in [3.8, 4) is 0 Å². The maximum atomic E-state index is 13.5. The number of likely N-dealkylation sites (N-methyl/N-ethyl adjacent to an activating group) is 2. The quantitative estimate of drug-likeness (QED) is 0.0132. The molecule has 0 fully saturated rings. The van der Waals surface area contributed by atoms with Crippen molar-refractivity contribution in [2.75, 3.05) is 40.3 Å². The first-order valence-electron chi connectivity index (χ1n) is 29.8. The van der Waals surface area contributed by atoms with Crippen LogP contribution in [0, 0.1) is 23.7 Å². The Kier molecular flexibility index (Phi) is 32.0. The molecule has 0 bridgehead atoms. The van der Waals surface area contributed by atoms with E-state index >= 15 is 0 Å². The first-order valence-corrected chi connectivity index (χ1v) is 29.8. The molecule has 0 aliphatic heterocycles. The molecule has 4 aromatic carbocycles. The summed E-state index contributed by atoms with van der Waals surface area (Å²) in [5.41, 5.74) is 23.3. The van der Waals surface area contributed by atoms with Crippen LogP contribution in [0.3, 0.4) is 0 Å². The maximum absolute atomic E-state index is 13.5. The highest BCUT2D eigenvalue weighted by Crippen LogP contribution is 2.24. The van der Waals surface area contributed by atoms with Crippen LogP contribution in [-0.4, -0.2) is 157 Å². The Morgan fingerprint density at radius 3 is 1.11 bits per heavy atom. The van der Waals surface area contributed by atoms with Crippen molar-refractivity contribution in [3.63, 3.8) is 0 Å². The number of Topliss-reactive ketones (excluding diaryl/α,β-unsaturated/α-hetero) is 6. The number of guanidine groups is 2. The van der Waals surface area contributed by atoms with Gasteiger partial charge in [0.2, 0.25) is 34.9 Å². The molecule has 0 radical (unpaired) electrons. The smallest absolute Gasteiger partial charge is 0.303 e. The second kappa shape index (κ2) is 38.1. The van der Waals surface area contributed by atoms with Crippen molar-refractivity contribution < 1.29 is 58.2 Å². The number of carbonyl (C=O) groups is 10. The number of carboxylic acid groups (broad SMARTS) is 2. The normalized spacial score (nSPS) is 13.9.